The summed E-state index contributed by atoms with van der Waals surface area (Å²) in [4.78, 5) is 71.6. The van der Waals surface area contributed by atoms with Gasteiger partial charge in [-0.15, -0.1) is 0 Å². The number of aliphatic carboxylic acids is 1. The minimum Gasteiger partial charge on any atom is -0.480 e. The second-order valence-electron chi connectivity index (χ2n) is 8.57. The van der Waals surface area contributed by atoms with Gasteiger partial charge in [-0.05, 0) is 38.1 Å². The molecule has 0 aromatic rings. The zero-order chi connectivity index (χ0) is 27.5. The van der Waals surface area contributed by atoms with Crippen molar-refractivity contribution >= 4 is 37.5 Å². The third-order valence-corrected chi connectivity index (χ3v) is 5.71. The fourth-order valence-electron chi connectivity index (χ4n) is 3.35. The maximum Gasteiger partial charge on any atom is 0.469 e. The number of guanidine groups is 1. The van der Waals surface area contributed by atoms with Crippen molar-refractivity contribution in [1.82, 2.24) is 21.3 Å². The van der Waals surface area contributed by atoms with E-state index in [1.165, 1.54) is 0 Å². The molecule has 16 nitrogen and oxygen atoms in total. The molecule has 4 atom stereocenters. The van der Waals surface area contributed by atoms with Gasteiger partial charge in [0.1, 0.15) is 18.1 Å². The fraction of sp³-hybridized carbons (Fsp3) is 0.737. The van der Waals surface area contributed by atoms with Crippen LogP contribution in [0, 0.1) is 5.92 Å². The predicted molar refractivity (Wildman–Crippen MR) is 127 cm³/mol. The number of rotatable bonds is 15. The number of phosphoric acid groups is 1. The van der Waals surface area contributed by atoms with Crippen LogP contribution in [0.15, 0.2) is 4.99 Å². The Bertz CT molecular complexity index is 854. The third-order valence-electron chi connectivity index (χ3n) is 5.23. The Morgan fingerprint density at radius 2 is 1.78 bits per heavy atom. The Hall–Kier alpha value is -2.78. The van der Waals surface area contributed by atoms with Crippen LogP contribution in [-0.2, 0) is 28.3 Å². The van der Waals surface area contributed by atoms with Crippen molar-refractivity contribution in [3.63, 3.8) is 0 Å². The van der Waals surface area contributed by atoms with E-state index < -0.39 is 68.2 Å². The number of nitrogens with one attached hydrogen (secondary N) is 4. The summed E-state index contributed by atoms with van der Waals surface area (Å²) in [5.41, 5.74) is 10.4. The molecule has 0 bridgehead atoms. The Kier molecular flexibility index (Phi) is 12.8. The second kappa shape index (κ2) is 14.7. The summed E-state index contributed by atoms with van der Waals surface area (Å²) in [5, 5.41) is 19.5. The molecule has 0 spiro atoms. The second-order valence-corrected chi connectivity index (χ2v) is 9.81. The lowest BCUT2D eigenvalue weighted by Gasteiger charge is -2.27. The molecule has 0 saturated carbocycles. The molecule has 3 amide bonds. The van der Waals surface area contributed by atoms with Gasteiger partial charge in [0.25, 0.3) is 0 Å². The maximum absolute atomic E-state index is 12.9. The first-order chi connectivity index (χ1) is 16.7. The molecular weight excluding hydrogens is 501 g/mol. The van der Waals surface area contributed by atoms with Gasteiger partial charge in [-0.1, -0.05) is 13.8 Å². The molecule has 206 valence electrons. The molecule has 11 N–H and O–H groups in total. The molecule has 1 saturated heterocycles. The molecule has 1 aliphatic heterocycles. The summed E-state index contributed by atoms with van der Waals surface area (Å²) < 4.78 is 15.6. The SMILES string of the molecule is CC(C)[C@H](NC(=O)[C@H](COP(=O)(O)O)NC(=O)[C@@H]1CCCN1)C(=O)N[C@@H](CCCN=C(N)N)C(=O)O. The van der Waals surface area contributed by atoms with Crippen molar-refractivity contribution < 1.29 is 43.2 Å². The molecule has 1 aliphatic rings. The predicted octanol–water partition coefficient (Wildman–Crippen LogP) is -2.90. The smallest absolute Gasteiger partial charge is 0.469 e. The zero-order valence-electron chi connectivity index (χ0n) is 20.2. The van der Waals surface area contributed by atoms with Crippen LogP contribution in [-0.4, -0.2) is 88.4 Å². The van der Waals surface area contributed by atoms with Crippen LogP contribution in [0.1, 0.15) is 39.5 Å². The zero-order valence-corrected chi connectivity index (χ0v) is 21.1. The van der Waals surface area contributed by atoms with E-state index in [-0.39, 0.29) is 25.3 Å². The average molecular weight is 538 g/mol. The number of hydrogen-bond acceptors (Lipinski definition) is 8. The first-order valence-electron chi connectivity index (χ1n) is 11.3. The first-order valence-corrected chi connectivity index (χ1v) is 12.9. The molecule has 0 aliphatic carbocycles. The van der Waals surface area contributed by atoms with E-state index in [1.54, 1.807) is 13.8 Å². The highest BCUT2D eigenvalue weighted by molar-refractivity contribution is 7.46. The Labute approximate surface area is 208 Å². The van der Waals surface area contributed by atoms with Gasteiger partial charge < -0.3 is 47.6 Å². The normalized spacial score (nSPS) is 18.1. The average Bonchev–Trinajstić information content (AvgIpc) is 3.30. The van der Waals surface area contributed by atoms with E-state index in [9.17, 15) is 28.8 Å². The van der Waals surface area contributed by atoms with Crippen molar-refractivity contribution in [3.05, 3.63) is 0 Å². The Morgan fingerprint density at radius 1 is 1.11 bits per heavy atom. The quantitative estimate of drug-likeness (QED) is 0.0440. The van der Waals surface area contributed by atoms with Crippen molar-refractivity contribution in [2.24, 2.45) is 22.4 Å². The minimum atomic E-state index is -4.97. The number of phosphoric ester groups is 1. The molecule has 1 rings (SSSR count). The molecule has 0 radical (unpaired) electrons. The highest BCUT2D eigenvalue weighted by Gasteiger charge is 2.34. The summed E-state index contributed by atoms with van der Waals surface area (Å²) in [6, 6.07) is -4.63. The molecule has 1 fully saturated rings. The molecule has 1 heterocycles. The summed E-state index contributed by atoms with van der Waals surface area (Å²) in [7, 11) is -4.97. The van der Waals surface area contributed by atoms with Crippen LogP contribution in [0.25, 0.3) is 0 Å². The van der Waals surface area contributed by atoms with Crippen LogP contribution < -0.4 is 32.7 Å². The number of nitrogens with zero attached hydrogens (tertiary/aromatic N) is 1. The monoisotopic (exact) mass is 537 g/mol. The van der Waals surface area contributed by atoms with Gasteiger partial charge in [0, 0.05) is 6.54 Å². The van der Waals surface area contributed by atoms with Crippen LogP contribution in [0.5, 0.6) is 0 Å². The largest absolute Gasteiger partial charge is 0.480 e. The number of carboxylic acids is 1. The van der Waals surface area contributed by atoms with Crippen LogP contribution in [0.4, 0.5) is 0 Å². The molecule has 36 heavy (non-hydrogen) atoms. The van der Waals surface area contributed by atoms with E-state index in [2.05, 4.69) is 30.8 Å². The number of hydrogen-bond donors (Lipinski definition) is 9. The molecular formula is C19H36N7O9P. The maximum atomic E-state index is 12.9. The number of carbonyl (C=O) groups is 4. The molecule has 0 unspecified atom stereocenters. The van der Waals surface area contributed by atoms with Gasteiger partial charge >= 0.3 is 13.8 Å². The topological polar surface area (TPSA) is 268 Å². The Morgan fingerprint density at radius 3 is 2.28 bits per heavy atom. The number of carbonyl (C=O) groups excluding carboxylic acids is 3. The lowest BCUT2D eigenvalue weighted by Crippen LogP contribution is -2.59. The number of nitrogens with two attached hydrogens (primary N) is 2. The minimum absolute atomic E-state index is 0.0137. The third kappa shape index (κ3) is 11.8. The summed E-state index contributed by atoms with van der Waals surface area (Å²) in [5.74, 6) is -4.28. The molecule has 0 aromatic carbocycles. The van der Waals surface area contributed by atoms with Crippen LogP contribution in [0.2, 0.25) is 0 Å². The van der Waals surface area contributed by atoms with Gasteiger partial charge in [-0.2, -0.15) is 0 Å². The summed E-state index contributed by atoms with van der Waals surface area (Å²) >= 11 is 0. The van der Waals surface area contributed by atoms with E-state index in [0.29, 0.717) is 13.0 Å². The standard InChI is InChI=1S/C19H36N7O9P/c1-10(2)14(17(29)24-12(18(30)31)6-4-8-23-19(20)21)26-16(28)13(9-35-36(32,33)34)25-15(27)11-5-3-7-22-11/h10-14,22H,3-9H2,1-2H3,(H,24,29)(H,25,27)(H,26,28)(H,30,31)(H4,20,21,23)(H2,32,33,34)/t11-,12-,13-,14-/m0/s1. The summed E-state index contributed by atoms with van der Waals surface area (Å²) in [6.07, 6.45) is 1.52. The molecule has 17 heteroatoms. The van der Waals surface area contributed by atoms with Gasteiger partial charge in [-0.25, -0.2) is 9.36 Å². The lowest BCUT2D eigenvalue weighted by atomic mass is 10.0. The van der Waals surface area contributed by atoms with E-state index >= 15 is 0 Å². The van der Waals surface area contributed by atoms with Gasteiger partial charge in [0.05, 0.1) is 12.6 Å². The van der Waals surface area contributed by atoms with Crippen molar-refractivity contribution in [2.75, 3.05) is 19.7 Å². The van der Waals surface area contributed by atoms with Gasteiger partial charge in [-0.3, -0.25) is 23.9 Å². The fourth-order valence-corrected chi connectivity index (χ4v) is 3.69. The van der Waals surface area contributed by atoms with Crippen molar-refractivity contribution in [1.29, 1.82) is 0 Å². The summed E-state index contributed by atoms with van der Waals surface area (Å²) in [6.45, 7) is 3.09. The lowest BCUT2D eigenvalue weighted by molar-refractivity contribution is -0.142. The van der Waals surface area contributed by atoms with E-state index in [4.69, 9.17) is 21.3 Å². The number of aliphatic imine (C=N–C) groups is 1. The van der Waals surface area contributed by atoms with Crippen LogP contribution >= 0.6 is 7.82 Å². The number of amides is 3. The van der Waals surface area contributed by atoms with Crippen LogP contribution in [0.3, 0.4) is 0 Å². The highest BCUT2D eigenvalue weighted by Crippen LogP contribution is 2.35. The van der Waals surface area contributed by atoms with Crippen molar-refractivity contribution in [2.45, 2.75) is 63.7 Å². The molecule has 0 aromatic heterocycles. The van der Waals surface area contributed by atoms with E-state index in [0.717, 1.165) is 6.42 Å². The van der Waals surface area contributed by atoms with Gasteiger partial charge in [0.2, 0.25) is 17.7 Å². The van der Waals surface area contributed by atoms with Gasteiger partial charge in [0.15, 0.2) is 5.96 Å². The number of carboxylic acid groups (broad SMARTS) is 1. The highest BCUT2D eigenvalue weighted by atomic mass is 31.2. The Balaban J connectivity index is 2.90. The van der Waals surface area contributed by atoms with Crippen molar-refractivity contribution in [3.8, 4) is 0 Å². The first kappa shape index (κ1) is 31.3. The van der Waals surface area contributed by atoms with E-state index in [1.807, 2.05) is 0 Å².